The molecule has 0 saturated carbocycles. The van der Waals surface area contributed by atoms with Crippen LogP contribution < -0.4 is 0 Å². The maximum atomic E-state index is 6.48. The molecule has 0 aliphatic carbocycles. The molecular weight excluding hydrogens is 647 g/mol. The predicted molar refractivity (Wildman–Crippen MR) is 209 cm³/mol. The van der Waals surface area contributed by atoms with Crippen molar-refractivity contribution in [3.63, 3.8) is 0 Å². The minimum absolute atomic E-state index is 0.556. The Balaban J connectivity index is 1.07. The van der Waals surface area contributed by atoms with Gasteiger partial charge in [-0.3, -0.25) is 0 Å². The number of para-hydroxylation sites is 2. The summed E-state index contributed by atoms with van der Waals surface area (Å²) in [5.74, 6) is 1.73. The molecule has 0 unspecified atom stereocenters. The highest BCUT2D eigenvalue weighted by Crippen LogP contribution is 2.42. The standard InChI is InChI=1S/C45H25N3O2S/c1-2-10-26(11-3-1)43-46-44(48-45(47-43)35-17-9-15-33-30-12-4-6-18-37(30)50-41(33)35)28-21-23-38-36(24-28)31-22-20-27(25-39(31)49-38)29-14-8-16-34-32-13-5-7-19-40(32)51-42(29)34/h1-25H. The largest absolute Gasteiger partial charge is 0.456 e. The molecule has 6 heteroatoms. The van der Waals surface area contributed by atoms with E-state index in [-0.39, 0.29) is 0 Å². The lowest BCUT2D eigenvalue weighted by Crippen LogP contribution is -2.00. The van der Waals surface area contributed by atoms with E-state index in [0.717, 1.165) is 66.1 Å². The van der Waals surface area contributed by atoms with Gasteiger partial charge in [0.05, 0.1) is 5.56 Å². The van der Waals surface area contributed by atoms with Gasteiger partial charge in [-0.05, 0) is 59.7 Å². The molecule has 7 aromatic carbocycles. The third kappa shape index (κ3) is 4.43. The van der Waals surface area contributed by atoms with Crippen LogP contribution in [0.4, 0.5) is 0 Å². The monoisotopic (exact) mass is 671 g/mol. The SMILES string of the molecule is c1ccc(-c2nc(-c3ccc4oc5cc(-c6cccc7c6sc6ccccc67)ccc5c4c3)nc(-c3cccc4c3oc3ccccc34)n2)cc1. The zero-order valence-corrected chi connectivity index (χ0v) is 27.8. The summed E-state index contributed by atoms with van der Waals surface area (Å²) >= 11 is 1.84. The number of nitrogens with zero attached hydrogens (tertiary/aromatic N) is 3. The van der Waals surface area contributed by atoms with Crippen molar-refractivity contribution in [2.75, 3.05) is 0 Å². The Kier molecular flexibility index (Phi) is 6.05. The fourth-order valence-electron chi connectivity index (χ4n) is 7.32. The summed E-state index contributed by atoms with van der Waals surface area (Å²) in [6, 6.07) is 52.1. The average molecular weight is 672 g/mol. The number of thiophene rings is 1. The van der Waals surface area contributed by atoms with Crippen LogP contribution in [0.2, 0.25) is 0 Å². The molecule has 238 valence electrons. The second-order valence-electron chi connectivity index (χ2n) is 12.8. The first-order chi connectivity index (χ1) is 25.2. The third-order valence-electron chi connectivity index (χ3n) is 9.76. The highest BCUT2D eigenvalue weighted by Gasteiger charge is 2.19. The fourth-order valence-corrected chi connectivity index (χ4v) is 8.56. The lowest BCUT2D eigenvalue weighted by Gasteiger charge is -2.09. The Labute approximate surface area is 295 Å². The van der Waals surface area contributed by atoms with E-state index < -0.39 is 0 Å². The van der Waals surface area contributed by atoms with E-state index in [4.69, 9.17) is 23.8 Å². The second-order valence-corrected chi connectivity index (χ2v) is 13.8. The van der Waals surface area contributed by atoms with E-state index in [1.54, 1.807) is 0 Å². The van der Waals surface area contributed by atoms with E-state index in [1.165, 1.54) is 25.7 Å². The van der Waals surface area contributed by atoms with E-state index in [1.807, 2.05) is 84.1 Å². The van der Waals surface area contributed by atoms with Gasteiger partial charge in [-0.2, -0.15) is 0 Å². The first-order valence-electron chi connectivity index (χ1n) is 16.8. The summed E-state index contributed by atoms with van der Waals surface area (Å²) in [6.45, 7) is 0. The Morgan fingerprint density at radius 2 is 1.04 bits per heavy atom. The molecule has 4 aromatic heterocycles. The van der Waals surface area contributed by atoms with Crippen LogP contribution in [0.1, 0.15) is 0 Å². The van der Waals surface area contributed by atoms with Gasteiger partial charge in [-0.25, -0.2) is 15.0 Å². The lowest BCUT2D eigenvalue weighted by molar-refractivity contribution is 0.669. The van der Waals surface area contributed by atoms with Crippen LogP contribution in [-0.4, -0.2) is 15.0 Å². The normalized spacial score (nSPS) is 11.9. The molecule has 0 aliphatic heterocycles. The first-order valence-corrected chi connectivity index (χ1v) is 17.7. The molecule has 51 heavy (non-hydrogen) atoms. The van der Waals surface area contributed by atoms with Gasteiger partial charge in [0.15, 0.2) is 17.5 Å². The van der Waals surface area contributed by atoms with Crippen molar-refractivity contribution in [2.45, 2.75) is 0 Å². The molecular formula is C45H25N3O2S. The van der Waals surface area contributed by atoms with Crippen molar-refractivity contribution in [1.29, 1.82) is 0 Å². The molecule has 11 aromatic rings. The number of fused-ring (bicyclic) bond motifs is 9. The smallest absolute Gasteiger partial charge is 0.167 e. The molecule has 0 fully saturated rings. The Morgan fingerprint density at radius 1 is 0.373 bits per heavy atom. The van der Waals surface area contributed by atoms with Crippen molar-refractivity contribution in [2.24, 2.45) is 0 Å². The van der Waals surface area contributed by atoms with Gasteiger partial charge in [-0.1, -0.05) is 103 Å². The summed E-state index contributed by atoms with van der Waals surface area (Å²) in [7, 11) is 0. The summed E-state index contributed by atoms with van der Waals surface area (Å²) in [6.07, 6.45) is 0. The summed E-state index contributed by atoms with van der Waals surface area (Å²) in [5.41, 5.74) is 8.20. The number of furan rings is 2. The quantitative estimate of drug-likeness (QED) is 0.186. The van der Waals surface area contributed by atoms with Crippen LogP contribution in [-0.2, 0) is 0 Å². The van der Waals surface area contributed by atoms with E-state index >= 15 is 0 Å². The van der Waals surface area contributed by atoms with Gasteiger partial charge in [0.2, 0.25) is 0 Å². The van der Waals surface area contributed by atoms with Crippen LogP contribution in [0.25, 0.3) is 109 Å². The summed E-state index contributed by atoms with van der Waals surface area (Å²) < 4.78 is 15.5. The van der Waals surface area contributed by atoms with Crippen LogP contribution in [0.3, 0.4) is 0 Å². The summed E-state index contributed by atoms with van der Waals surface area (Å²) in [4.78, 5) is 15.1. The minimum atomic E-state index is 0.556. The second kappa shape index (κ2) is 10.9. The fraction of sp³-hybridized carbons (Fsp3) is 0. The molecule has 0 N–H and O–H groups in total. The molecule has 0 amide bonds. The van der Waals surface area contributed by atoms with Gasteiger partial charge >= 0.3 is 0 Å². The highest BCUT2D eigenvalue weighted by atomic mass is 32.1. The van der Waals surface area contributed by atoms with Gasteiger partial charge in [-0.15, -0.1) is 11.3 Å². The van der Waals surface area contributed by atoms with E-state index in [2.05, 4.69) is 78.9 Å². The molecule has 0 radical (unpaired) electrons. The minimum Gasteiger partial charge on any atom is -0.456 e. The number of hydrogen-bond donors (Lipinski definition) is 0. The van der Waals surface area contributed by atoms with Crippen LogP contribution in [0.15, 0.2) is 160 Å². The molecule has 0 spiro atoms. The highest BCUT2D eigenvalue weighted by molar-refractivity contribution is 7.26. The molecule has 4 heterocycles. The molecule has 0 bridgehead atoms. The van der Waals surface area contributed by atoms with Crippen LogP contribution in [0, 0.1) is 0 Å². The van der Waals surface area contributed by atoms with E-state index in [0.29, 0.717) is 17.5 Å². The number of rotatable bonds is 4. The van der Waals surface area contributed by atoms with Crippen LogP contribution >= 0.6 is 11.3 Å². The van der Waals surface area contributed by atoms with Crippen molar-refractivity contribution >= 4 is 75.4 Å². The Hall–Kier alpha value is -6.63. The lowest BCUT2D eigenvalue weighted by atomic mass is 10.0. The number of aromatic nitrogens is 3. The molecule has 5 nitrogen and oxygen atoms in total. The molecule has 0 saturated heterocycles. The first kappa shape index (κ1) is 28.2. The number of benzene rings is 7. The van der Waals surface area contributed by atoms with Gasteiger partial charge < -0.3 is 8.83 Å². The van der Waals surface area contributed by atoms with E-state index in [9.17, 15) is 0 Å². The zero-order chi connectivity index (χ0) is 33.5. The Morgan fingerprint density at radius 3 is 1.94 bits per heavy atom. The third-order valence-corrected chi connectivity index (χ3v) is 11.0. The average Bonchev–Trinajstić information content (AvgIpc) is 3.88. The van der Waals surface area contributed by atoms with Gasteiger partial charge in [0.25, 0.3) is 0 Å². The zero-order valence-electron chi connectivity index (χ0n) is 27.0. The topological polar surface area (TPSA) is 65.0 Å². The predicted octanol–water partition coefficient (Wildman–Crippen LogP) is 12.7. The van der Waals surface area contributed by atoms with Gasteiger partial charge in [0, 0.05) is 52.8 Å². The van der Waals surface area contributed by atoms with Crippen LogP contribution in [0.5, 0.6) is 0 Å². The summed E-state index contributed by atoms with van der Waals surface area (Å²) in [5, 5.41) is 6.72. The molecule has 0 atom stereocenters. The van der Waals surface area contributed by atoms with Crippen molar-refractivity contribution in [3.8, 4) is 45.3 Å². The maximum absolute atomic E-state index is 6.48. The van der Waals surface area contributed by atoms with Crippen molar-refractivity contribution in [3.05, 3.63) is 152 Å². The Bertz CT molecular complexity index is 3160. The van der Waals surface area contributed by atoms with Gasteiger partial charge in [0.1, 0.15) is 22.3 Å². The number of hydrogen-bond acceptors (Lipinski definition) is 6. The molecule has 0 aliphatic rings. The maximum Gasteiger partial charge on any atom is 0.167 e. The molecule has 11 rings (SSSR count). The van der Waals surface area contributed by atoms with Crippen molar-refractivity contribution in [1.82, 2.24) is 15.0 Å². The van der Waals surface area contributed by atoms with Crippen molar-refractivity contribution < 1.29 is 8.83 Å².